The number of aliphatic imine (C=N–C) groups is 1. The molecule has 0 unspecified atom stereocenters. The van der Waals surface area contributed by atoms with E-state index in [2.05, 4.69) is 30.6 Å². The summed E-state index contributed by atoms with van der Waals surface area (Å²) in [6, 6.07) is 3.70. The monoisotopic (exact) mass is 385 g/mol. The zero-order chi connectivity index (χ0) is 19.2. The molecule has 2 aromatic rings. The molecule has 2 aromatic heterocycles. The molecule has 3 N–H and O–H groups in total. The maximum atomic E-state index is 12.3. The number of hydrogen-bond acceptors (Lipinski definition) is 8. The highest BCUT2D eigenvalue weighted by atomic mass is 32.1. The number of hydrogen-bond donors (Lipinski definition) is 2. The third-order valence-electron chi connectivity index (χ3n) is 4.48. The van der Waals surface area contributed by atoms with E-state index in [-0.39, 0.29) is 5.71 Å². The number of carbonyl (C=O) groups is 1. The lowest BCUT2D eigenvalue weighted by molar-refractivity contribution is -0.114. The minimum atomic E-state index is -0.406. The SMILES string of the molecule is Cc1ccc(N=C/C(=N\N)C(=O)NCc2nnc(C3CCCC3)s2)c(C)n1. The highest BCUT2D eigenvalue weighted by Crippen LogP contribution is 2.35. The molecule has 27 heavy (non-hydrogen) atoms. The van der Waals surface area contributed by atoms with Crippen LogP contribution in [0.15, 0.2) is 22.2 Å². The van der Waals surface area contributed by atoms with Crippen molar-refractivity contribution in [1.82, 2.24) is 20.5 Å². The number of aromatic nitrogens is 3. The van der Waals surface area contributed by atoms with E-state index < -0.39 is 5.91 Å². The van der Waals surface area contributed by atoms with Crippen molar-refractivity contribution in [3.8, 4) is 0 Å². The second-order valence-corrected chi connectivity index (χ2v) is 7.62. The van der Waals surface area contributed by atoms with E-state index in [1.54, 1.807) is 11.3 Å². The minimum Gasteiger partial charge on any atom is -0.344 e. The average molecular weight is 385 g/mol. The fourth-order valence-electron chi connectivity index (χ4n) is 3.02. The molecular weight excluding hydrogens is 362 g/mol. The highest BCUT2D eigenvalue weighted by Gasteiger charge is 2.21. The van der Waals surface area contributed by atoms with Crippen LogP contribution in [-0.4, -0.2) is 33.0 Å². The highest BCUT2D eigenvalue weighted by molar-refractivity contribution is 7.11. The molecule has 3 rings (SSSR count). The van der Waals surface area contributed by atoms with Crippen molar-refractivity contribution in [2.45, 2.75) is 52.0 Å². The second kappa shape index (κ2) is 8.81. The molecule has 0 bridgehead atoms. The van der Waals surface area contributed by atoms with Gasteiger partial charge in [-0.3, -0.25) is 14.8 Å². The number of hydrazone groups is 1. The van der Waals surface area contributed by atoms with Gasteiger partial charge in [0.1, 0.15) is 10.0 Å². The van der Waals surface area contributed by atoms with Crippen LogP contribution >= 0.6 is 11.3 Å². The molecule has 1 amide bonds. The Bertz CT molecular complexity index is 868. The lowest BCUT2D eigenvalue weighted by Gasteiger charge is -2.03. The number of amides is 1. The van der Waals surface area contributed by atoms with E-state index in [0.717, 1.165) is 21.4 Å². The standard InChI is InChI=1S/C18H23N7OS/c1-11-7-8-14(12(2)22-11)20-9-15(23-19)17(26)21-10-16-24-25-18(27-16)13-5-3-4-6-13/h7-9,13H,3-6,10,19H2,1-2H3,(H,21,26)/b20-9?,23-15+. The molecule has 1 aliphatic rings. The largest absolute Gasteiger partial charge is 0.344 e. The van der Waals surface area contributed by atoms with Crippen molar-refractivity contribution in [1.29, 1.82) is 0 Å². The molecule has 0 spiro atoms. The van der Waals surface area contributed by atoms with Crippen LogP contribution in [0.4, 0.5) is 5.69 Å². The molecule has 9 heteroatoms. The smallest absolute Gasteiger partial charge is 0.273 e. The van der Waals surface area contributed by atoms with Gasteiger partial charge in [-0.1, -0.05) is 24.2 Å². The molecule has 0 radical (unpaired) electrons. The first-order valence-corrected chi connectivity index (χ1v) is 9.75. The summed E-state index contributed by atoms with van der Waals surface area (Å²) in [4.78, 5) is 20.9. The molecule has 0 saturated heterocycles. The van der Waals surface area contributed by atoms with Gasteiger partial charge in [-0.2, -0.15) is 5.10 Å². The second-order valence-electron chi connectivity index (χ2n) is 6.53. The van der Waals surface area contributed by atoms with Crippen molar-refractivity contribution in [3.05, 3.63) is 33.5 Å². The van der Waals surface area contributed by atoms with E-state index in [1.165, 1.54) is 31.9 Å². The molecule has 0 atom stereocenters. The lowest BCUT2D eigenvalue weighted by atomic mass is 10.1. The number of nitrogens with one attached hydrogen (secondary N) is 1. The first-order chi connectivity index (χ1) is 13.1. The van der Waals surface area contributed by atoms with E-state index in [9.17, 15) is 4.79 Å². The van der Waals surface area contributed by atoms with Crippen molar-refractivity contribution < 1.29 is 4.79 Å². The Morgan fingerprint density at radius 3 is 2.81 bits per heavy atom. The lowest BCUT2D eigenvalue weighted by Crippen LogP contribution is -2.32. The third-order valence-corrected chi connectivity index (χ3v) is 5.57. The van der Waals surface area contributed by atoms with Crippen molar-refractivity contribution in [3.63, 3.8) is 0 Å². The number of nitrogens with two attached hydrogens (primary N) is 1. The van der Waals surface area contributed by atoms with Gasteiger partial charge in [0.15, 0.2) is 5.71 Å². The zero-order valence-electron chi connectivity index (χ0n) is 15.5. The van der Waals surface area contributed by atoms with Gasteiger partial charge in [0, 0.05) is 11.6 Å². The van der Waals surface area contributed by atoms with E-state index in [0.29, 0.717) is 18.2 Å². The molecule has 1 aliphatic carbocycles. The van der Waals surface area contributed by atoms with Crippen LogP contribution in [-0.2, 0) is 11.3 Å². The summed E-state index contributed by atoms with van der Waals surface area (Å²) in [5.74, 6) is 5.46. The predicted molar refractivity (Wildman–Crippen MR) is 106 cm³/mol. The number of carbonyl (C=O) groups excluding carboxylic acids is 1. The van der Waals surface area contributed by atoms with E-state index in [4.69, 9.17) is 5.84 Å². The summed E-state index contributed by atoms with van der Waals surface area (Å²) in [6.07, 6.45) is 6.20. The van der Waals surface area contributed by atoms with Gasteiger partial charge in [-0.25, -0.2) is 0 Å². The van der Waals surface area contributed by atoms with Gasteiger partial charge in [-0.15, -0.1) is 10.2 Å². The first-order valence-electron chi connectivity index (χ1n) is 8.93. The van der Waals surface area contributed by atoms with E-state index in [1.807, 2.05) is 26.0 Å². The van der Waals surface area contributed by atoms with Crippen molar-refractivity contribution >= 4 is 34.9 Å². The maximum Gasteiger partial charge on any atom is 0.273 e. The molecule has 0 aromatic carbocycles. The van der Waals surface area contributed by atoms with Gasteiger partial charge < -0.3 is 11.2 Å². The van der Waals surface area contributed by atoms with Crippen molar-refractivity contribution in [2.24, 2.45) is 15.9 Å². The summed E-state index contributed by atoms with van der Waals surface area (Å²) in [5, 5.41) is 16.6. The number of pyridine rings is 1. The first kappa shape index (κ1) is 19.1. The van der Waals surface area contributed by atoms with Gasteiger partial charge in [0.05, 0.1) is 24.1 Å². The Kier molecular flexibility index (Phi) is 6.23. The summed E-state index contributed by atoms with van der Waals surface area (Å²) < 4.78 is 0. The molecular formula is C18H23N7OS. The Balaban J connectivity index is 1.58. The molecule has 1 saturated carbocycles. The number of nitrogens with zero attached hydrogens (tertiary/aromatic N) is 5. The normalized spacial score (nSPS) is 15.6. The molecule has 2 heterocycles. The van der Waals surface area contributed by atoms with Gasteiger partial charge in [0.25, 0.3) is 5.91 Å². The van der Waals surface area contributed by atoms with Crippen LogP contribution in [0.3, 0.4) is 0 Å². The van der Waals surface area contributed by atoms with Crippen LogP contribution in [0.25, 0.3) is 0 Å². The summed E-state index contributed by atoms with van der Waals surface area (Å²) in [6.45, 7) is 4.06. The van der Waals surface area contributed by atoms with Crippen LogP contribution in [0, 0.1) is 13.8 Å². The van der Waals surface area contributed by atoms with Crippen LogP contribution in [0.1, 0.15) is 53.0 Å². The Morgan fingerprint density at radius 2 is 2.11 bits per heavy atom. The Hall–Kier alpha value is -2.68. The predicted octanol–water partition coefficient (Wildman–Crippen LogP) is 2.54. The van der Waals surface area contributed by atoms with Crippen LogP contribution in [0.2, 0.25) is 0 Å². The van der Waals surface area contributed by atoms with Gasteiger partial charge in [-0.05, 0) is 38.8 Å². The van der Waals surface area contributed by atoms with Crippen LogP contribution in [0.5, 0.6) is 0 Å². The molecule has 142 valence electrons. The maximum absolute atomic E-state index is 12.3. The zero-order valence-corrected chi connectivity index (χ0v) is 16.3. The number of rotatable bonds is 6. The fourth-order valence-corrected chi connectivity index (χ4v) is 3.97. The van der Waals surface area contributed by atoms with Crippen molar-refractivity contribution in [2.75, 3.05) is 0 Å². The average Bonchev–Trinajstić information content (AvgIpc) is 3.33. The summed E-state index contributed by atoms with van der Waals surface area (Å²) in [5.41, 5.74) is 2.39. The summed E-state index contributed by atoms with van der Waals surface area (Å²) in [7, 11) is 0. The quantitative estimate of drug-likeness (QED) is 0.450. The van der Waals surface area contributed by atoms with Gasteiger partial charge >= 0.3 is 0 Å². The Labute approximate surface area is 162 Å². The molecule has 1 fully saturated rings. The number of aryl methyl sites for hydroxylation is 2. The topological polar surface area (TPSA) is 119 Å². The molecule has 0 aliphatic heterocycles. The Morgan fingerprint density at radius 1 is 1.33 bits per heavy atom. The summed E-state index contributed by atoms with van der Waals surface area (Å²) >= 11 is 1.55. The van der Waals surface area contributed by atoms with Crippen LogP contribution < -0.4 is 11.2 Å². The fraction of sp³-hybridized carbons (Fsp3) is 0.444. The third kappa shape index (κ3) is 4.94. The van der Waals surface area contributed by atoms with Gasteiger partial charge in [0.2, 0.25) is 0 Å². The minimum absolute atomic E-state index is 0.0375. The molecule has 8 nitrogen and oxygen atoms in total. The van der Waals surface area contributed by atoms with E-state index >= 15 is 0 Å².